The number of hydrogen-bond acceptors (Lipinski definition) is 4. The van der Waals surface area contributed by atoms with E-state index in [-0.39, 0.29) is 5.56 Å². The minimum absolute atomic E-state index is 0.214. The third kappa shape index (κ3) is 2.90. The average Bonchev–Trinajstić information content (AvgIpc) is 2.27. The van der Waals surface area contributed by atoms with Gasteiger partial charge in [-0.25, -0.2) is 9.78 Å². The number of carbonyl (C=O) groups is 1. The predicted molar refractivity (Wildman–Crippen MR) is 74.9 cm³/mol. The monoisotopic (exact) mass is 286 g/mol. The summed E-state index contributed by atoms with van der Waals surface area (Å²) in [5.74, 6) is -0.485. The highest BCUT2D eigenvalue weighted by Gasteiger charge is 2.26. The first-order valence-corrected chi connectivity index (χ1v) is 7.09. The third-order valence-electron chi connectivity index (χ3n) is 2.79. The fourth-order valence-electron chi connectivity index (χ4n) is 2.18. The summed E-state index contributed by atoms with van der Waals surface area (Å²) in [4.78, 5) is 17.4. The van der Waals surface area contributed by atoms with Crippen LogP contribution in [-0.4, -0.2) is 39.6 Å². The van der Waals surface area contributed by atoms with Gasteiger partial charge in [-0.2, -0.15) is 11.8 Å². The maximum Gasteiger partial charge on any atom is 0.339 e. The van der Waals surface area contributed by atoms with Gasteiger partial charge in [-0.3, -0.25) is 0 Å². The maximum absolute atomic E-state index is 11.2. The second-order valence-corrected chi connectivity index (χ2v) is 6.74. The molecule has 1 fully saturated rings. The molecule has 0 radical (unpaired) electrons. The zero-order valence-electron chi connectivity index (χ0n) is 10.3. The van der Waals surface area contributed by atoms with Crippen molar-refractivity contribution < 1.29 is 9.90 Å². The minimum atomic E-state index is -0.965. The molecule has 1 aromatic heterocycles. The fraction of sp³-hybridized carbons (Fsp3) is 0.500. The molecule has 0 bridgehead atoms. The molecule has 2 atom stereocenters. The molecule has 18 heavy (non-hydrogen) atoms. The number of hydrogen-bond donors (Lipinski definition) is 1. The van der Waals surface area contributed by atoms with Crippen molar-refractivity contribution >= 4 is 35.1 Å². The van der Waals surface area contributed by atoms with Gasteiger partial charge >= 0.3 is 5.97 Å². The standard InChI is InChI=1S/C12H15ClN2O2S/c1-7-5-15(6-8(2)18-7)11-9(12(16)17)3-4-10(13)14-11/h3-4,7-8H,5-6H2,1-2H3,(H,16,17). The molecule has 0 aliphatic carbocycles. The van der Waals surface area contributed by atoms with Gasteiger partial charge in [-0.15, -0.1) is 0 Å². The van der Waals surface area contributed by atoms with Crippen molar-refractivity contribution in [3.8, 4) is 0 Å². The Morgan fingerprint density at radius 1 is 1.44 bits per heavy atom. The Balaban J connectivity index is 2.36. The number of aromatic carboxylic acids is 1. The van der Waals surface area contributed by atoms with Crippen molar-refractivity contribution in [2.45, 2.75) is 24.3 Å². The molecule has 0 amide bonds. The summed E-state index contributed by atoms with van der Waals surface area (Å²) in [6.07, 6.45) is 0. The Morgan fingerprint density at radius 2 is 2.06 bits per heavy atom. The number of anilines is 1. The Labute approximate surface area is 115 Å². The van der Waals surface area contributed by atoms with E-state index in [4.69, 9.17) is 11.6 Å². The largest absolute Gasteiger partial charge is 0.478 e. The number of rotatable bonds is 2. The van der Waals surface area contributed by atoms with E-state index in [9.17, 15) is 9.90 Å². The van der Waals surface area contributed by atoms with Crippen molar-refractivity contribution in [2.75, 3.05) is 18.0 Å². The first-order chi connectivity index (χ1) is 8.47. The lowest BCUT2D eigenvalue weighted by Gasteiger charge is -2.36. The Morgan fingerprint density at radius 3 is 2.61 bits per heavy atom. The van der Waals surface area contributed by atoms with E-state index in [0.717, 1.165) is 13.1 Å². The summed E-state index contributed by atoms with van der Waals surface area (Å²) in [5, 5.41) is 10.4. The van der Waals surface area contributed by atoms with E-state index in [1.807, 2.05) is 16.7 Å². The number of halogens is 1. The molecule has 4 nitrogen and oxygen atoms in total. The fourth-order valence-corrected chi connectivity index (χ4v) is 3.65. The van der Waals surface area contributed by atoms with Crippen LogP contribution in [0.2, 0.25) is 5.15 Å². The van der Waals surface area contributed by atoms with Crippen LogP contribution in [0.4, 0.5) is 5.82 Å². The van der Waals surface area contributed by atoms with Gasteiger partial charge in [0.1, 0.15) is 16.5 Å². The van der Waals surface area contributed by atoms with Crippen LogP contribution in [0.5, 0.6) is 0 Å². The molecule has 1 aliphatic heterocycles. The third-order valence-corrected chi connectivity index (χ3v) is 4.23. The number of thioether (sulfide) groups is 1. The van der Waals surface area contributed by atoms with Crippen molar-refractivity contribution in [3.63, 3.8) is 0 Å². The number of nitrogens with zero attached hydrogens (tertiary/aromatic N) is 2. The first-order valence-electron chi connectivity index (χ1n) is 5.77. The van der Waals surface area contributed by atoms with Gasteiger partial charge in [0.2, 0.25) is 0 Å². The van der Waals surface area contributed by atoms with Crippen LogP contribution in [-0.2, 0) is 0 Å². The summed E-state index contributed by atoms with van der Waals surface area (Å²) in [5.41, 5.74) is 0.214. The SMILES string of the molecule is CC1CN(c2nc(Cl)ccc2C(=O)O)CC(C)S1. The summed E-state index contributed by atoms with van der Waals surface area (Å²) >= 11 is 7.79. The van der Waals surface area contributed by atoms with E-state index < -0.39 is 5.97 Å². The number of carboxylic acids is 1. The lowest BCUT2D eigenvalue weighted by molar-refractivity contribution is 0.0697. The summed E-state index contributed by atoms with van der Waals surface area (Å²) in [7, 11) is 0. The number of pyridine rings is 1. The molecule has 2 heterocycles. The molecule has 2 unspecified atom stereocenters. The zero-order valence-corrected chi connectivity index (χ0v) is 11.8. The summed E-state index contributed by atoms with van der Waals surface area (Å²) in [6.45, 7) is 5.86. The number of carboxylic acid groups (broad SMARTS) is 1. The van der Waals surface area contributed by atoms with Crippen molar-refractivity contribution in [3.05, 3.63) is 22.8 Å². The molecular weight excluding hydrogens is 272 g/mol. The second kappa shape index (κ2) is 5.36. The second-order valence-electron chi connectivity index (χ2n) is 4.47. The Bertz CT molecular complexity index is 459. The van der Waals surface area contributed by atoms with Crippen LogP contribution in [0, 0.1) is 0 Å². The lowest BCUT2D eigenvalue weighted by atomic mass is 10.2. The minimum Gasteiger partial charge on any atom is -0.478 e. The van der Waals surface area contributed by atoms with E-state index in [1.54, 1.807) is 0 Å². The molecular formula is C12H15ClN2O2S. The molecule has 1 aliphatic rings. The van der Waals surface area contributed by atoms with E-state index >= 15 is 0 Å². The van der Waals surface area contributed by atoms with Crippen LogP contribution >= 0.6 is 23.4 Å². The van der Waals surface area contributed by atoms with Crippen LogP contribution in [0.1, 0.15) is 24.2 Å². The van der Waals surface area contributed by atoms with Crippen molar-refractivity contribution in [2.24, 2.45) is 0 Å². The van der Waals surface area contributed by atoms with Crippen LogP contribution in [0.25, 0.3) is 0 Å². The van der Waals surface area contributed by atoms with Gasteiger partial charge in [0, 0.05) is 23.6 Å². The Hall–Kier alpha value is -0.940. The van der Waals surface area contributed by atoms with E-state index in [1.165, 1.54) is 12.1 Å². The quantitative estimate of drug-likeness (QED) is 0.847. The molecule has 6 heteroatoms. The molecule has 2 rings (SSSR count). The van der Waals surface area contributed by atoms with Gasteiger partial charge < -0.3 is 10.0 Å². The average molecular weight is 287 g/mol. The number of aromatic nitrogens is 1. The Kier molecular flexibility index (Phi) is 4.02. The van der Waals surface area contributed by atoms with Crippen molar-refractivity contribution in [1.82, 2.24) is 4.98 Å². The molecule has 1 aromatic rings. The van der Waals surface area contributed by atoms with E-state index in [2.05, 4.69) is 18.8 Å². The van der Waals surface area contributed by atoms with Crippen LogP contribution in [0.15, 0.2) is 12.1 Å². The topological polar surface area (TPSA) is 53.4 Å². The smallest absolute Gasteiger partial charge is 0.339 e. The van der Waals surface area contributed by atoms with Gasteiger partial charge in [0.05, 0.1) is 0 Å². The molecule has 0 spiro atoms. The van der Waals surface area contributed by atoms with Crippen LogP contribution in [0.3, 0.4) is 0 Å². The normalized spacial score (nSPS) is 24.1. The lowest BCUT2D eigenvalue weighted by Crippen LogP contribution is -2.41. The molecule has 1 N–H and O–H groups in total. The predicted octanol–water partition coefficient (Wildman–Crippen LogP) is 2.76. The highest BCUT2D eigenvalue weighted by Crippen LogP contribution is 2.30. The summed E-state index contributed by atoms with van der Waals surface area (Å²) in [6, 6.07) is 3.03. The summed E-state index contributed by atoms with van der Waals surface area (Å²) < 4.78 is 0. The van der Waals surface area contributed by atoms with Crippen LogP contribution < -0.4 is 4.90 Å². The van der Waals surface area contributed by atoms with E-state index in [0.29, 0.717) is 21.5 Å². The van der Waals surface area contributed by atoms with Crippen molar-refractivity contribution in [1.29, 1.82) is 0 Å². The molecule has 0 aromatic carbocycles. The van der Waals surface area contributed by atoms with Gasteiger partial charge in [0.25, 0.3) is 0 Å². The van der Waals surface area contributed by atoms with Gasteiger partial charge in [-0.05, 0) is 12.1 Å². The molecule has 1 saturated heterocycles. The first kappa shape index (κ1) is 13.5. The van der Waals surface area contributed by atoms with Gasteiger partial charge in [-0.1, -0.05) is 25.4 Å². The highest BCUT2D eigenvalue weighted by atomic mass is 35.5. The zero-order chi connectivity index (χ0) is 13.3. The van der Waals surface area contributed by atoms with Gasteiger partial charge in [0.15, 0.2) is 0 Å². The molecule has 98 valence electrons. The maximum atomic E-state index is 11.2. The molecule has 0 saturated carbocycles. The highest BCUT2D eigenvalue weighted by molar-refractivity contribution is 8.00.